The number of hydrogen-bond acceptors (Lipinski definition) is 8. The lowest BCUT2D eigenvalue weighted by Gasteiger charge is -2.34. The third-order valence-corrected chi connectivity index (χ3v) is 6.04. The number of alkyl halides is 3. The van der Waals surface area contributed by atoms with E-state index in [1.165, 1.54) is 16.8 Å². The van der Waals surface area contributed by atoms with Crippen molar-refractivity contribution in [3.63, 3.8) is 0 Å². The Morgan fingerprint density at radius 2 is 1.83 bits per heavy atom. The molecule has 35 heavy (non-hydrogen) atoms. The van der Waals surface area contributed by atoms with Crippen LogP contribution in [0.2, 0.25) is 0 Å². The van der Waals surface area contributed by atoms with E-state index in [9.17, 15) is 18.4 Å². The molecule has 1 fully saturated rings. The van der Waals surface area contributed by atoms with Crippen LogP contribution in [0.4, 0.5) is 13.2 Å². The molecule has 1 saturated heterocycles. The summed E-state index contributed by atoms with van der Waals surface area (Å²) in [7, 11) is 1.63. The van der Waals surface area contributed by atoms with Crippen LogP contribution in [-0.2, 0) is 13.2 Å². The zero-order valence-corrected chi connectivity index (χ0v) is 19.3. The molecule has 2 aromatic heterocycles. The van der Waals surface area contributed by atoms with E-state index in [1.54, 1.807) is 13.1 Å². The van der Waals surface area contributed by atoms with Gasteiger partial charge in [0.05, 0.1) is 30.0 Å². The Balaban J connectivity index is 1.46. The van der Waals surface area contributed by atoms with E-state index >= 15 is 0 Å². The number of aliphatic hydroxyl groups excluding tert-OH is 1. The maximum atomic E-state index is 13.8. The summed E-state index contributed by atoms with van der Waals surface area (Å²) in [6.07, 6.45) is -4.03. The SMILES string of the molecule is Cn1nnc2c(C#N)nc(-c3ccc(OCCCN4CCN(CCO)CC4)c(C(F)(F)F)c3)cc21. The fourth-order valence-electron chi connectivity index (χ4n) is 4.14. The van der Waals surface area contributed by atoms with Gasteiger partial charge >= 0.3 is 6.18 Å². The van der Waals surface area contributed by atoms with Crippen LogP contribution in [-0.4, -0.2) is 87.4 Å². The Labute approximate surface area is 200 Å². The lowest BCUT2D eigenvalue weighted by Crippen LogP contribution is -2.47. The zero-order chi connectivity index (χ0) is 25.0. The summed E-state index contributed by atoms with van der Waals surface area (Å²) in [5, 5.41) is 26.2. The van der Waals surface area contributed by atoms with Crippen molar-refractivity contribution in [1.82, 2.24) is 29.8 Å². The van der Waals surface area contributed by atoms with Crippen molar-refractivity contribution in [3.8, 4) is 23.1 Å². The van der Waals surface area contributed by atoms with E-state index in [-0.39, 0.29) is 35.9 Å². The van der Waals surface area contributed by atoms with Gasteiger partial charge in [-0.3, -0.25) is 4.90 Å². The second-order valence-electron chi connectivity index (χ2n) is 8.37. The van der Waals surface area contributed by atoms with E-state index in [0.29, 0.717) is 24.0 Å². The number of benzene rings is 1. The van der Waals surface area contributed by atoms with Gasteiger partial charge in [-0.15, -0.1) is 5.10 Å². The molecule has 0 saturated carbocycles. The van der Waals surface area contributed by atoms with Crippen molar-refractivity contribution in [3.05, 3.63) is 35.5 Å². The van der Waals surface area contributed by atoms with Gasteiger partial charge in [-0.25, -0.2) is 9.67 Å². The molecule has 3 heterocycles. The monoisotopic (exact) mass is 489 g/mol. The Hall–Kier alpha value is -3.27. The second-order valence-corrected chi connectivity index (χ2v) is 8.37. The van der Waals surface area contributed by atoms with Crippen molar-refractivity contribution >= 4 is 11.0 Å². The van der Waals surface area contributed by atoms with Gasteiger partial charge in [0.1, 0.15) is 17.3 Å². The molecule has 0 amide bonds. The van der Waals surface area contributed by atoms with Crippen LogP contribution < -0.4 is 4.74 Å². The predicted molar refractivity (Wildman–Crippen MR) is 122 cm³/mol. The highest BCUT2D eigenvalue weighted by Gasteiger charge is 2.35. The minimum absolute atomic E-state index is 0.00307. The number of fused-ring (bicyclic) bond motifs is 1. The van der Waals surface area contributed by atoms with Crippen LogP contribution in [0.1, 0.15) is 17.7 Å². The first-order valence-corrected chi connectivity index (χ1v) is 11.3. The van der Waals surface area contributed by atoms with Crippen LogP contribution in [0.5, 0.6) is 5.75 Å². The van der Waals surface area contributed by atoms with Crippen molar-refractivity contribution < 1.29 is 23.0 Å². The Bertz CT molecular complexity index is 1210. The third-order valence-electron chi connectivity index (χ3n) is 6.04. The number of ether oxygens (including phenoxy) is 1. The van der Waals surface area contributed by atoms with Gasteiger partial charge in [0.15, 0.2) is 5.69 Å². The number of piperazine rings is 1. The molecular formula is C23H26F3N7O2. The quantitative estimate of drug-likeness (QED) is 0.481. The van der Waals surface area contributed by atoms with E-state index < -0.39 is 11.7 Å². The first-order valence-electron chi connectivity index (χ1n) is 11.3. The van der Waals surface area contributed by atoms with E-state index in [0.717, 1.165) is 38.8 Å². The number of aryl methyl sites for hydroxylation is 1. The summed E-state index contributed by atoms with van der Waals surface area (Å²) in [4.78, 5) is 8.62. The summed E-state index contributed by atoms with van der Waals surface area (Å²) in [6, 6.07) is 7.29. The summed E-state index contributed by atoms with van der Waals surface area (Å²) in [5.74, 6) is -0.238. The molecule has 1 aromatic carbocycles. The Morgan fingerprint density at radius 3 is 2.49 bits per heavy atom. The van der Waals surface area contributed by atoms with Crippen LogP contribution in [0.15, 0.2) is 24.3 Å². The molecular weight excluding hydrogens is 463 g/mol. The second kappa shape index (κ2) is 10.6. The van der Waals surface area contributed by atoms with Crippen LogP contribution in [0, 0.1) is 11.3 Å². The summed E-state index contributed by atoms with van der Waals surface area (Å²) in [6.45, 7) is 5.13. The molecule has 0 aliphatic carbocycles. The maximum absolute atomic E-state index is 13.8. The number of aliphatic hydroxyl groups is 1. The van der Waals surface area contributed by atoms with Gasteiger partial charge in [-0.2, -0.15) is 18.4 Å². The summed E-state index contributed by atoms with van der Waals surface area (Å²) < 4.78 is 48.5. The first-order chi connectivity index (χ1) is 16.8. The largest absolute Gasteiger partial charge is 0.493 e. The van der Waals surface area contributed by atoms with E-state index in [1.807, 2.05) is 6.07 Å². The number of hydrogen-bond donors (Lipinski definition) is 1. The van der Waals surface area contributed by atoms with E-state index in [4.69, 9.17) is 9.84 Å². The number of halogens is 3. The third kappa shape index (κ3) is 5.70. The van der Waals surface area contributed by atoms with Crippen LogP contribution in [0.25, 0.3) is 22.3 Å². The van der Waals surface area contributed by atoms with Gasteiger partial charge in [0.2, 0.25) is 0 Å². The van der Waals surface area contributed by atoms with Gasteiger partial charge in [0.25, 0.3) is 0 Å². The molecule has 1 aliphatic rings. The maximum Gasteiger partial charge on any atom is 0.419 e. The van der Waals surface area contributed by atoms with Crippen molar-refractivity contribution in [2.75, 3.05) is 52.5 Å². The number of nitriles is 1. The first kappa shape index (κ1) is 24.8. The zero-order valence-electron chi connectivity index (χ0n) is 19.3. The van der Waals surface area contributed by atoms with Gasteiger partial charge < -0.3 is 14.7 Å². The van der Waals surface area contributed by atoms with Crippen LogP contribution in [0.3, 0.4) is 0 Å². The highest BCUT2D eigenvalue weighted by molar-refractivity contribution is 5.83. The molecule has 0 spiro atoms. The molecule has 9 nitrogen and oxygen atoms in total. The minimum atomic E-state index is -4.62. The molecule has 1 N–H and O–H groups in total. The number of nitrogens with zero attached hydrogens (tertiary/aromatic N) is 7. The molecule has 4 rings (SSSR count). The lowest BCUT2D eigenvalue weighted by atomic mass is 10.1. The average molecular weight is 490 g/mol. The smallest absolute Gasteiger partial charge is 0.419 e. The normalized spacial score (nSPS) is 15.4. The van der Waals surface area contributed by atoms with Crippen LogP contribution >= 0.6 is 0 Å². The Kier molecular flexibility index (Phi) is 7.49. The molecule has 186 valence electrons. The van der Waals surface area contributed by atoms with Gasteiger partial charge in [-0.05, 0) is 30.7 Å². The Morgan fingerprint density at radius 1 is 1.11 bits per heavy atom. The summed E-state index contributed by atoms with van der Waals surface area (Å²) >= 11 is 0. The summed E-state index contributed by atoms with van der Waals surface area (Å²) in [5.41, 5.74) is 0.330. The highest BCUT2D eigenvalue weighted by atomic mass is 19.4. The number of rotatable bonds is 8. The lowest BCUT2D eigenvalue weighted by molar-refractivity contribution is -0.138. The number of β-amino-alcohol motifs (C(OH)–C–C–N with tert-alkyl or cyclic N) is 1. The molecule has 12 heteroatoms. The average Bonchev–Trinajstić information content (AvgIpc) is 3.22. The fraction of sp³-hybridized carbons (Fsp3) is 0.478. The standard InChI is InChI=1S/C23H26F3N7O2/c1-31-20-14-18(28-19(15-27)22(20)29-30-31)16-3-4-21(17(13-16)23(24,25)26)35-12-2-5-32-6-8-33(9-7-32)10-11-34/h3-4,13-14,34H,2,5-12H2,1H3. The number of aromatic nitrogens is 4. The minimum Gasteiger partial charge on any atom is -0.493 e. The fourth-order valence-corrected chi connectivity index (χ4v) is 4.14. The molecule has 1 aliphatic heterocycles. The molecule has 0 bridgehead atoms. The molecule has 0 unspecified atom stereocenters. The van der Waals surface area contributed by atoms with Crippen molar-refractivity contribution in [1.29, 1.82) is 5.26 Å². The molecule has 3 aromatic rings. The van der Waals surface area contributed by atoms with E-state index in [2.05, 4.69) is 25.1 Å². The molecule has 0 radical (unpaired) electrons. The van der Waals surface area contributed by atoms with Gasteiger partial charge in [-0.1, -0.05) is 5.21 Å². The topological polar surface area (TPSA) is 103 Å². The predicted octanol–water partition coefficient (Wildman–Crippen LogP) is 2.30. The highest BCUT2D eigenvalue weighted by Crippen LogP contribution is 2.39. The van der Waals surface area contributed by atoms with Crippen molar-refractivity contribution in [2.24, 2.45) is 7.05 Å². The van der Waals surface area contributed by atoms with Crippen molar-refractivity contribution in [2.45, 2.75) is 12.6 Å². The number of pyridine rings is 1. The molecule has 0 atom stereocenters. The van der Waals surface area contributed by atoms with Gasteiger partial charge in [0, 0.05) is 51.9 Å².